The number of hydrogen-bond donors (Lipinski definition) is 2. The first kappa shape index (κ1) is 16.2. The predicted octanol–water partition coefficient (Wildman–Crippen LogP) is -0.774. The number of sulfonamides is 1. The van der Waals surface area contributed by atoms with Gasteiger partial charge in [0.05, 0.1) is 6.61 Å². The van der Waals surface area contributed by atoms with E-state index in [0.717, 1.165) is 0 Å². The van der Waals surface area contributed by atoms with E-state index >= 15 is 0 Å². The lowest BCUT2D eigenvalue weighted by Crippen LogP contribution is -2.31. The fourth-order valence-electron chi connectivity index (χ4n) is 1.48. The molecular formula is C11H17N3O5S. The Morgan fingerprint density at radius 1 is 1.40 bits per heavy atom. The maximum Gasteiger partial charge on any atom is 0.325 e. The third-order valence-corrected chi connectivity index (χ3v) is 3.87. The summed E-state index contributed by atoms with van der Waals surface area (Å²) in [6, 6.07) is 1.23. The Morgan fingerprint density at radius 2 is 2.05 bits per heavy atom. The van der Waals surface area contributed by atoms with E-state index in [-0.39, 0.29) is 23.7 Å². The van der Waals surface area contributed by atoms with Crippen molar-refractivity contribution in [3.8, 4) is 0 Å². The molecule has 0 unspecified atom stereocenters. The first-order chi connectivity index (χ1) is 9.31. The van der Waals surface area contributed by atoms with Gasteiger partial charge in [-0.2, -0.15) is 0 Å². The number of aromatic nitrogens is 1. The number of ether oxygens (including phenoxy) is 1. The van der Waals surface area contributed by atoms with E-state index in [1.807, 2.05) is 0 Å². The molecule has 0 saturated heterocycles. The van der Waals surface area contributed by atoms with Crippen LogP contribution in [0.15, 0.2) is 17.2 Å². The number of aryl methyl sites for hydroxylation is 1. The molecule has 0 aliphatic rings. The topological polar surface area (TPSA) is 106 Å². The molecule has 0 saturated carbocycles. The molecule has 8 nitrogen and oxygen atoms in total. The number of rotatable bonds is 6. The van der Waals surface area contributed by atoms with Crippen LogP contribution in [0.5, 0.6) is 0 Å². The van der Waals surface area contributed by atoms with Crippen LogP contribution in [-0.2, 0) is 26.6 Å². The minimum absolute atomic E-state index is 0.0243. The molecule has 0 aromatic carbocycles. The minimum Gasteiger partial charge on any atom is -0.465 e. The van der Waals surface area contributed by atoms with Crippen LogP contribution < -0.4 is 10.0 Å². The number of carbonyl (C=O) groups is 2. The Hall–Kier alpha value is -1.87. The highest BCUT2D eigenvalue weighted by molar-refractivity contribution is 7.89. The highest BCUT2D eigenvalue weighted by Crippen LogP contribution is 2.12. The highest BCUT2D eigenvalue weighted by atomic mass is 32.2. The smallest absolute Gasteiger partial charge is 0.325 e. The van der Waals surface area contributed by atoms with Gasteiger partial charge in [0.1, 0.15) is 17.1 Å². The lowest BCUT2D eigenvalue weighted by Gasteiger charge is -2.05. The van der Waals surface area contributed by atoms with Crippen molar-refractivity contribution in [2.24, 2.45) is 7.05 Å². The number of esters is 1. The molecular weight excluding hydrogens is 286 g/mol. The van der Waals surface area contributed by atoms with E-state index in [0.29, 0.717) is 0 Å². The molecule has 112 valence electrons. The number of hydrogen-bond acceptors (Lipinski definition) is 5. The van der Waals surface area contributed by atoms with Gasteiger partial charge in [0.15, 0.2) is 0 Å². The van der Waals surface area contributed by atoms with Gasteiger partial charge in [-0.25, -0.2) is 13.1 Å². The Morgan fingerprint density at radius 3 is 2.60 bits per heavy atom. The quantitative estimate of drug-likeness (QED) is 0.671. The van der Waals surface area contributed by atoms with Gasteiger partial charge in [-0.1, -0.05) is 0 Å². The summed E-state index contributed by atoms with van der Waals surface area (Å²) in [6.07, 6.45) is 1.31. The molecule has 20 heavy (non-hydrogen) atoms. The van der Waals surface area contributed by atoms with Crippen molar-refractivity contribution in [1.82, 2.24) is 14.6 Å². The molecule has 2 N–H and O–H groups in total. The summed E-state index contributed by atoms with van der Waals surface area (Å²) in [6.45, 7) is 1.61. The zero-order valence-electron chi connectivity index (χ0n) is 11.5. The Labute approximate surface area is 117 Å². The fraction of sp³-hybridized carbons (Fsp3) is 0.455. The van der Waals surface area contributed by atoms with Gasteiger partial charge in [-0.15, -0.1) is 0 Å². The van der Waals surface area contributed by atoms with Crippen molar-refractivity contribution < 1.29 is 22.7 Å². The largest absolute Gasteiger partial charge is 0.465 e. The van der Waals surface area contributed by atoms with Gasteiger partial charge in [0, 0.05) is 13.2 Å². The second kappa shape index (κ2) is 6.53. The third-order valence-electron chi connectivity index (χ3n) is 2.49. The minimum atomic E-state index is -3.62. The van der Waals surface area contributed by atoms with Crippen LogP contribution in [0, 0.1) is 0 Å². The molecule has 0 atom stereocenters. The van der Waals surface area contributed by atoms with Crippen molar-refractivity contribution in [3.63, 3.8) is 0 Å². The highest BCUT2D eigenvalue weighted by Gasteiger charge is 2.19. The summed E-state index contributed by atoms with van der Waals surface area (Å²) in [5, 5.41) is 2.36. The van der Waals surface area contributed by atoms with Gasteiger partial charge in [-0.3, -0.25) is 9.59 Å². The molecule has 0 bridgehead atoms. The lowest BCUT2D eigenvalue weighted by molar-refractivity contribution is -0.141. The molecule has 0 spiro atoms. The molecule has 0 radical (unpaired) electrons. The van der Waals surface area contributed by atoms with E-state index in [4.69, 9.17) is 0 Å². The van der Waals surface area contributed by atoms with Gasteiger partial charge in [0.25, 0.3) is 5.91 Å². The Balaban J connectivity index is 2.82. The van der Waals surface area contributed by atoms with Crippen molar-refractivity contribution in [2.45, 2.75) is 11.8 Å². The third kappa shape index (κ3) is 3.81. The van der Waals surface area contributed by atoms with Crippen LogP contribution in [0.4, 0.5) is 0 Å². The Bertz CT molecular complexity index is 606. The molecule has 1 heterocycles. The fourth-order valence-corrected chi connectivity index (χ4v) is 2.28. The molecule has 9 heteroatoms. The summed E-state index contributed by atoms with van der Waals surface area (Å²) in [7, 11) is -0.799. The number of nitrogens with zero attached hydrogens (tertiary/aromatic N) is 1. The van der Waals surface area contributed by atoms with Gasteiger partial charge in [-0.05, 0) is 20.0 Å². The van der Waals surface area contributed by atoms with Crippen LogP contribution in [0.3, 0.4) is 0 Å². The van der Waals surface area contributed by atoms with Crippen LogP contribution >= 0.6 is 0 Å². The summed E-state index contributed by atoms with van der Waals surface area (Å²) in [4.78, 5) is 22.9. The van der Waals surface area contributed by atoms with Crippen LogP contribution in [0.25, 0.3) is 0 Å². The molecule has 0 aliphatic carbocycles. The SMILES string of the molecule is CCOC(=O)CNC(=O)c1cc(S(=O)(=O)NC)cn1C. The van der Waals surface area contributed by atoms with Gasteiger partial charge >= 0.3 is 5.97 Å². The second-order valence-corrected chi connectivity index (χ2v) is 5.75. The van der Waals surface area contributed by atoms with E-state index in [9.17, 15) is 18.0 Å². The molecule has 0 fully saturated rings. The van der Waals surface area contributed by atoms with Crippen LogP contribution in [0.1, 0.15) is 17.4 Å². The summed E-state index contributed by atoms with van der Waals surface area (Å²) in [5.41, 5.74) is 0.128. The Kier molecular flexibility index (Phi) is 5.28. The van der Waals surface area contributed by atoms with E-state index in [1.165, 1.54) is 30.9 Å². The monoisotopic (exact) mass is 303 g/mol. The summed E-state index contributed by atoms with van der Waals surface area (Å²) >= 11 is 0. The van der Waals surface area contributed by atoms with E-state index in [1.54, 1.807) is 6.92 Å². The summed E-state index contributed by atoms with van der Waals surface area (Å²) in [5.74, 6) is -1.11. The van der Waals surface area contributed by atoms with Gasteiger partial charge < -0.3 is 14.6 Å². The normalized spacial score (nSPS) is 11.2. The molecule has 1 amide bonds. The number of amides is 1. The standard InChI is InChI=1S/C11H17N3O5S/c1-4-19-10(15)6-13-11(16)9-5-8(7-14(9)3)20(17,18)12-2/h5,7,12H,4,6H2,1-3H3,(H,13,16). The molecule has 1 rings (SSSR count). The predicted molar refractivity (Wildman–Crippen MR) is 70.6 cm³/mol. The van der Waals surface area contributed by atoms with Crippen molar-refractivity contribution in [1.29, 1.82) is 0 Å². The number of nitrogens with one attached hydrogen (secondary N) is 2. The van der Waals surface area contributed by atoms with E-state index < -0.39 is 21.9 Å². The zero-order chi connectivity index (χ0) is 15.3. The average Bonchev–Trinajstić information content (AvgIpc) is 2.79. The lowest BCUT2D eigenvalue weighted by atomic mass is 10.4. The molecule has 0 aliphatic heterocycles. The van der Waals surface area contributed by atoms with Crippen molar-refractivity contribution >= 4 is 21.9 Å². The van der Waals surface area contributed by atoms with Crippen molar-refractivity contribution in [2.75, 3.05) is 20.2 Å². The maximum atomic E-state index is 11.8. The first-order valence-electron chi connectivity index (χ1n) is 5.85. The molecule has 1 aromatic heterocycles. The van der Waals surface area contributed by atoms with Crippen LogP contribution in [-0.4, -0.2) is 45.1 Å². The summed E-state index contributed by atoms with van der Waals surface area (Å²) < 4.78 is 31.4. The average molecular weight is 303 g/mol. The molecule has 1 aromatic rings. The van der Waals surface area contributed by atoms with Crippen molar-refractivity contribution in [3.05, 3.63) is 18.0 Å². The van der Waals surface area contributed by atoms with Crippen LogP contribution in [0.2, 0.25) is 0 Å². The zero-order valence-corrected chi connectivity index (χ0v) is 12.3. The number of carbonyl (C=O) groups excluding carboxylic acids is 2. The maximum absolute atomic E-state index is 11.8. The van der Waals surface area contributed by atoms with Gasteiger partial charge in [0.2, 0.25) is 10.0 Å². The van der Waals surface area contributed by atoms with E-state index in [2.05, 4.69) is 14.8 Å². The second-order valence-electron chi connectivity index (χ2n) is 3.87. The first-order valence-corrected chi connectivity index (χ1v) is 7.34.